The number of rotatable bonds is 1. The van der Waals surface area contributed by atoms with Crippen LogP contribution in [0.1, 0.15) is 0 Å². The first-order chi connectivity index (χ1) is 2.77. The van der Waals surface area contributed by atoms with Crippen LogP contribution in [-0.4, -0.2) is 24.8 Å². The molecule has 0 unspecified atom stereocenters. The number of hydrazone groups is 1. The molecule has 44 valence electrons. The minimum atomic E-state index is 0. The highest BCUT2D eigenvalue weighted by atomic mass is 35.5. The number of nitrogens with zero attached hydrogens (tertiary/aromatic N) is 2. The van der Waals surface area contributed by atoms with Gasteiger partial charge < -0.3 is 5.01 Å². The molecule has 0 rings (SSSR count). The molecule has 0 spiro atoms. The average Bonchev–Trinajstić information content (AvgIpc) is 1.35. The molecule has 0 fully saturated rings. The smallest absolute Gasteiger partial charge is 0.113 e. The molecular formula is C3H8Cl2N2. The summed E-state index contributed by atoms with van der Waals surface area (Å²) in [6, 6.07) is 0. The Morgan fingerprint density at radius 1 is 1.57 bits per heavy atom. The lowest BCUT2D eigenvalue weighted by atomic mass is 11.2. The molecule has 2 nitrogen and oxygen atoms in total. The molecule has 0 aliphatic rings. The fraction of sp³-hybridized carbons (Fsp3) is 0.667. The van der Waals surface area contributed by atoms with Crippen molar-refractivity contribution in [2.75, 3.05) is 14.1 Å². The van der Waals surface area contributed by atoms with Gasteiger partial charge in [0.2, 0.25) is 0 Å². The summed E-state index contributed by atoms with van der Waals surface area (Å²) in [6.07, 6.45) is 0. The molecule has 0 N–H and O–H groups in total. The third kappa shape index (κ3) is 10.7. The molecule has 4 heteroatoms. The van der Waals surface area contributed by atoms with Crippen LogP contribution in [0.4, 0.5) is 0 Å². The monoisotopic (exact) mass is 142 g/mol. The minimum absolute atomic E-state index is 0. The van der Waals surface area contributed by atoms with E-state index in [1.165, 1.54) is 5.67 Å². The van der Waals surface area contributed by atoms with Crippen LogP contribution in [0, 0.1) is 0 Å². The van der Waals surface area contributed by atoms with Gasteiger partial charge in [-0.1, -0.05) is 11.6 Å². The Hall–Kier alpha value is 0.0500. The predicted octanol–water partition coefficient (Wildman–Crippen LogP) is 1.15. The lowest BCUT2D eigenvalue weighted by Gasteiger charge is -1.98. The van der Waals surface area contributed by atoms with Crippen molar-refractivity contribution in [2.24, 2.45) is 5.10 Å². The molecule has 7 heavy (non-hydrogen) atoms. The largest absolute Gasteiger partial charge is 0.302 e. The minimum Gasteiger partial charge on any atom is -0.302 e. The Morgan fingerprint density at radius 2 is 2.00 bits per heavy atom. The number of halogens is 2. The Morgan fingerprint density at radius 3 is 2.00 bits per heavy atom. The summed E-state index contributed by atoms with van der Waals surface area (Å²) >= 11 is 5.06. The van der Waals surface area contributed by atoms with Gasteiger partial charge in [0.15, 0.2) is 0 Å². The van der Waals surface area contributed by atoms with Crippen LogP contribution in [0.2, 0.25) is 0 Å². The van der Waals surface area contributed by atoms with Gasteiger partial charge in [0, 0.05) is 14.1 Å². The van der Waals surface area contributed by atoms with Gasteiger partial charge in [-0.3, -0.25) is 0 Å². The Bertz CT molecular complexity index is 52.9. The normalized spacial score (nSPS) is 8.43. The summed E-state index contributed by atoms with van der Waals surface area (Å²) in [4.78, 5) is 0. The average molecular weight is 143 g/mol. The van der Waals surface area contributed by atoms with Gasteiger partial charge in [0.1, 0.15) is 5.67 Å². The standard InChI is InChI=1S/C3H7ClN2.ClH/c1-6(2)5-3-4;/h3H,1-2H3;1H. The van der Waals surface area contributed by atoms with Crippen molar-refractivity contribution >= 4 is 29.7 Å². The third-order valence-electron chi connectivity index (χ3n) is 0.275. The molecule has 0 radical (unpaired) electrons. The highest BCUT2D eigenvalue weighted by molar-refractivity contribution is 6.56. The van der Waals surface area contributed by atoms with Gasteiger partial charge in [-0.25, -0.2) is 0 Å². The van der Waals surface area contributed by atoms with Crippen LogP contribution >= 0.6 is 24.0 Å². The van der Waals surface area contributed by atoms with Crippen LogP contribution in [0.15, 0.2) is 5.10 Å². The Labute approximate surface area is 54.6 Å². The van der Waals surface area contributed by atoms with E-state index in [-0.39, 0.29) is 12.4 Å². The summed E-state index contributed by atoms with van der Waals surface area (Å²) in [7, 11) is 3.61. The SMILES string of the molecule is CN(C)N=CCl.Cl. The lowest BCUT2D eigenvalue weighted by Crippen LogP contribution is -1.99. The zero-order chi connectivity index (χ0) is 4.99. The summed E-state index contributed by atoms with van der Waals surface area (Å²) in [5, 5.41) is 5.22. The van der Waals surface area contributed by atoms with Crippen LogP contribution in [-0.2, 0) is 0 Å². The Kier molecular flexibility index (Phi) is 8.75. The van der Waals surface area contributed by atoms with Crippen LogP contribution in [0.25, 0.3) is 0 Å². The number of hydrogen-bond donors (Lipinski definition) is 0. The topological polar surface area (TPSA) is 15.6 Å². The summed E-state index contributed by atoms with van der Waals surface area (Å²) < 4.78 is 0. The van der Waals surface area contributed by atoms with Crippen molar-refractivity contribution in [3.63, 3.8) is 0 Å². The van der Waals surface area contributed by atoms with E-state index in [9.17, 15) is 0 Å². The van der Waals surface area contributed by atoms with Crippen LogP contribution in [0.3, 0.4) is 0 Å². The Balaban J connectivity index is 0. The molecule has 0 aliphatic heterocycles. The van der Waals surface area contributed by atoms with Crippen molar-refractivity contribution < 1.29 is 0 Å². The highest BCUT2D eigenvalue weighted by Crippen LogP contribution is 1.71. The first-order valence-corrected chi connectivity index (χ1v) is 2.01. The van der Waals surface area contributed by atoms with Crippen molar-refractivity contribution in [1.29, 1.82) is 0 Å². The number of hydrogen-bond acceptors (Lipinski definition) is 2. The second-order valence-electron chi connectivity index (χ2n) is 1.06. The van der Waals surface area contributed by atoms with Gasteiger partial charge >= 0.3 is 0 Å². The first kappa shape index (κ1) is 10.1. The molecular weight excluding hydrogens is 135 g/mol. The molecule has 0 atom stereocenters. The molecule has 0 aromatic rings. The van der Waals surface area contributed by atoms with E-state index in [0.717, 1.165) is 0 Å². The van der Waals surface area contributed by atoms with Crippen molar-refractivity contribution in [3.8, 4) is 0 Å². The maximum Gasteiger partial charge on any atom is 0.113 e. The maximum atomic E-state index is 5.06. The van der Waals surface area contributed by atoms with Gasteiger partial charge in [-0.2, -0.15) is 5.10 Å². The summed E-state index contributed by atoms with van der Waals surface area (Å²) in [5.74, 6) is 0. The molecule has 0 heterocycles. The van der Waals surface area contributed by atoms with E-state index in [0.29, 0.717) is 0 Å². The van der Waals surface area contributed by atoms with Crippen LogP contribution < -0.4 is 0 Å². The molecule has 0 saturated carbocycles. The molecule has 0 amide bonds. The summed E-state index contributed by atoms with van der Waals surface area (Å²) in [6.45, 7) is 0. The second kappa shape index (κ2) is 6.05. The maximum absolute atomic E-state index is 5.06. The molecule has 0 aliphatic carbocycles. The fourth-order valence-corrected chi connectivity index (χ4v) is 0.262. The molecule has 0 bridgehead atoms. The van der Waals surface area contributed by atoms with Crippen molar-refractivity contribution in [1.82, 2.24) is 5.01 Å². The second-order valence-corrected chi connectivity index (χ2v) is 1.26. The van der Waals surface area contributed by atoms with Crippen molar-refractivity contribution in [2.45, 2.75) is 0 Å². The lowest BCUT2D eigenvalue weighted by molar-refractivity contribution is 0.441. The van der Waals surface area contributed by atoms with E-state index in [4.69, 9.17) is 11.6 Å². The molecule has 0 aromatic heterocycles. The fourth-order valence-electron chi connectivity index (χ4n) is 0.0873. The van der Waals surface area contributed by atoms with Gasteiger partial charge in [0.25, 0.3) is 0 Å². The van der Waals surface area contributed by atoms with Gasteiger partial charge in [-0.05, 0) is 0 Å². The third-order valence-corrected chi connectivity index (χ3v) is 0.362. The highest BCUT2D eigenvalue weighted by Gasteiger charge is 1.67. The van der Waals surface area contributed by atoms with E-state index < -0.39 is 0 Å². The van der Waals surface area contributed by atoms with E-state index in [2.05, 4.69) is 5.10 Å². The van der Waals surface area contributed by atoms with E-state index >= 15 is 0 Å². The molecule has 0 aromatic carbocycles. The van der Waals surface area contributed by atoms with E-state index in [1.54, 1.807) is 19.1 Å². The first-order valence-electron chi connectivity index (χ1n) is 1.57. The zero-order valence-corrected chi connectivity index (χ0v) is 5.83. The van der Waals surface area contributed by atoms with Gasteiger partial charge in [-0.15, -0.1) is 12.4 Å². The van der Waals surface area contributed by atoms with Gasteiger partial charge in [0.05, 0.1) is 0 Å². The van der Waals surface area contributed by atoms with Crippen LogP contribution in [0.5, 0.6) is 0 Å². The quantitative estimate of drug-likeness (QED) is 0.397. The predicted molar refractivity (Wildman–Crippen MR) is 35.3 cm³/mol. The summed E-state index contributed by atoms with van der Waals surface area (Å²) in [5.41, 5.74) is 1.22. The molecule has 0 saturated heterocycles. The van der Waals surface area contributed by atoms with Crippen molar-refractivity contribution in [3.05, 3.63) is 0 Å². The van der Waals surface area contributed by atoms with E-state index in [1.807, 2.05) is 0 Å². The zero-order valence-electron chi connectivity index (χ0n) is 4.26.